The molecule has 0 bridgehead atoms. The lowest BCUT2D eigenvalue weighted by Crippen LogP contribution is -2.46. The molecule has 1 N–H and O–H groups in total. The molecule has 3 nitrogen and oxygen atoms in total. The Morgan fingerprint density at radius 1 is 1.47 bits per heavy atom. The van der Waals surface area contributed by atoms with Crippen LogP contribution in [0.25, 0.3) is 0 Å². The van der Waals surface area contributed by atoms with Gasteiger partial charge in [0, 0.05) is 13.3 Å². The van der Waals surface area contributed by atoms with Crippen molar-refractivity contribution >= 4 is 5.97 Å². The third-order valence-electron chi connectivity index (χ3n) is 4.01. The Morgan fingerprint density at radius 3 is 2.65 bits per heavy atom. The molecule has 1 rings (SSSR count). The van der Waals surface area contributed by atoms with E-state index < -0.39 is 5.60 Å². The summed E-state index contributed by atoms with van der Waals surface area (Å²) in [5, 5.41) is 10.8. The van der Waals surface area contributed by atoms with Gasteiger partial charge in [-0.1, -0.05) is 27.2 Å². The monoisotopic (exact) mass is 242 g/mol. The molecule has 0 unspecified atom stereocenters. The third kappa shape index (κ3) is 3.98. The van der Waals surface area contributed by atoms with Crippen molar-refractivity contribution in [2.24, 2.45) is 17.8 Å². The number of aliphatic hydroxyl groups is 1. The van der Waals surface area contributed by atoms with Crippen molar-refractivity contribution in [3.05, 3.63) is 0 Å². The Morgan fingerprint density at radius 2 is 2.12 bits per heavy atom. The van der Waals surface area contributed by atoms with E-state index in [4.69, 9.17) is 4.74 Å². The number of hydrogen-bond acceptors (Lipinski definition) is 3. The van der Waals surface area contributed by atoms with E-state index in [2.05, 4.69) is 20.8 Å². The fourth-order valence-corrected chi connectivity index (χ4v) is 3.20. The van der Waals surface area contributed by atoms with Crippen LogP contribution in [-0.2, 0) is 9.53 Å². The van der Waals surface area contributed by atoms with Gasteiger partial charge in [0.25, 0.3) is 0 Å². The van der Waals surface area contributed by atoms with E-state index in [0.29, 0.717) is 30.8 Å². The van der Waals surface area contributed by atoms with Gasteiger partial charge in [-0.25, -0.2) is 0 Å². The highest BCUT2D eigenvalue weighted by atomic mass is 16.5. The van der Waals surface area contributed by atoms with E-state index in [9.17, 15) is 9.90 Å². The second kappa shape index (κ2) is 5.85. The van der Waals surface area contributed by atoms with Crippen molar-refractivity contribution in [1.82, 2.24) is 0 Å². The average molecular weight is 242 g/mol. The zero-order valence-corrected chi connectivity index (χ0v) is 11.5. The van der Waals surface area contributed by atoms with Gasteiger partial charge in [-0.3, -0.25) is 4.79 Å². The van der Waals surface area contributed by atoms with E-state index in [1.807, 2.05) is 0 Å². The van der Waals surface area contributed by atoms with Gasteiger partial charge < -0.3 is 9.84 Å². The minimum atomic E-state index is -0.652. The van der Waals surface area contributed by atoms with E-state index in [1.165, 1.54) is 13.3 Å². The Labute approximate surface area is 105 Å². The van der Waals surface area contributed by atoms with E-state index in [0.717, 1.165) is 12.8 Å². The molecule has 17 heavy (non-hydrogen) atoms. The number of carbonyl (C=O) groups excluding carboxylic acids is 1. The van der Waals surface area contributed by atoms with Gasteiger partial charge in [0.05, 0.1) is 12.2 Å². The van der Waals surface area contributed by atoms with E-state index in [-0.39, 0.29) is 5.97 Å². The molecule has 100 valence electrons. The van der Waals surface area contributed by atoms with Crippen molar-refractivity contribution in [3.8, 4) is 0 Å². The van der Waals surface area contributed by atoms with Crippen LogP contribution in [0.15, 0.2) is 0 Å². The van der Waals surface area contributed by atoms with Crippen LogP contribution in [0.5, 0.6) is 0 Å². The second-order valence-corrected chi connectivity index (χ2v) is 5.93. The topological polar surface area (TPSA) is 46.5 Å². The van der Waals surface area contributed by atoms with E-state index >= 15 is 0 Å². The molecule has 1 fully saturated rings. The zero-order valence-electron chi connectivity index (χ0n) is 11.5. The predicted octanol–water partition coefficient (Wildman–Crippen LogP) is 2.76. The Balaban J connectivity index is 2.61. The molecule has 0 saturated heterocycles. The lowest BCUT2D eigenvalue weighted by molar-refractivity contribution is -0.145. The number of hydrogen-bond donors (Lipinski definition) is 1. The fourth-order valence-electron chi connectivity index (χ4n) is 3.20. The van der Waals surface area contributed by atoms with Crippen LogP contribution in [0.3, 0.4) is 0 Å². The van der Waals surface area contributed by atoms with Gasteiger partial charge in [0.15, 0.2) is 0 Å². The molecule has 0 aromatic heterocycles. The molecule has 0 aromatic carbocycles. The highest BCUT2D eigenvalue weighted by Gasteiger charge is 2.42. The maximum absolute atomic E-state index is 10.8. The summed E-state index contributed by atoms with van der Waals surface area (Å²) in [6.07, 6.45) is 3.67. The van der Waals surface area contributed by atoms with Crippen LogP contribution in [0.4, 0.5) is 0 Å². The van der Waals surface area contributed by atoms with Crippen LogP contribution in [0.2, 0.25) is 0 Å². The minimum absolute atomic E-state index is 0.265. The molecule has 0 aliphatic heterocycles. The molecule has 1 aliphatic rings. The molecule has 0 amide bonds. The van der Waals surface area contributed by atoms with Crippen LogP contribution in [-0.4, -0.2) is 23.3 Å². The average Bonchev–Trinajstić information content (AvgIpc) is 2.15. The quantitative estimate of drug-likeness (QED) is 0.771. The second-order valence-electron chi connectivity index (χ2n) is 5.93. The minimum Gasteiger partial charge on any atom is -0.466 e. The summed E-state index contributed by atoms with van der Waals surface area (Å²) >= 11 is 0. The molecule has 0 spiro atoms. The summed E-state index contributed by atoms with van der Waals surface area (Å²) in [7, 11) is 0. The van der Waals surface area contributed by atoms with Gasteiger partial charge >= 0.3 is 5.97 Å². The SMILES string of the molecule is CC(=O)OCC[C@]1(O)C[C@H](C)CC[C@H]1C(C)C. The van der Waals surface area contributed by atoms with Crippen LogP contribution >= 0.6 is 0 Å². The van der Waals surface area contributed by atoms with Crippen molar-refractivity contribution in [3.63, 3.8) is 0 Å². The van der Waals surface area contributed by atoms with Gasteiger partial charge in [0.1, 0.15) is 0 Å². The summed E-state index contributed by atoms with van der Waals surface area (Å²) in [6.45, 7) is 8.26. The summed E-state index contributed by atoms with van der Waals surface area (Å²) in [5.41, 5.74) is -0.652. The number of rotatable bonds is 4. The molecule has 3 atom stereocenters. The molecule has 0 heterocycles. The Kier molecular flexibility index (Phi) is 4.99. The van der Waals surface area contributed by atoms with Crippen molar-refractivity contribution in [2.75, 3.05) is 6.61 Å². The predicted molar refractivity (Wildman–Crippen MR) is 67.5 cm³/mol. The summed E-state index contributed by atoms with van der Waals surface area (Å²) in [4.78, 5) is 10.8. The van der Waals surface area contributed by atoms with Gasteiger partial charge in [-0.15, -0.1) is 0 Å². The maximum Gasteiger partial charge on any atom is 0.302 e. The standard InChI is InChI=1S/C14H26O3/c1-10(2)13-6-5-11(3)9-14(13,16)7-8-17-12(4)15/h10-11,13,16H,5-9H2,1-4H3/t11-,13+,14+/m1/s1. The summed E-state index contributed by atoms with van der Waals surface area (Å²) < 4.78 is 4.97. The normalized spacial score (nSPS) is 33.8. The first-order chi connectivity index (χ1) is 7.85. The van der Waals surface area contributed by atoms with Gasteiger partial charge in [-0.2, -0.15) is 0 Å². The first-order valence-corrected chi connectivity index (χ1v) is 6.71. The number of esters is 1. The lowest BCUT2D eigenvalue weighted by atomic mass is 9.66. The molecular weight excluding hydrogens is 216 g/mol. The van der Waals surface area contributed by atoms with Crippen molar-refractivity contribution in [2.45, 2.75) is 59.0 Å². The van der Waals surface area contributed by atoms with Gasteiger partial charge in [0.2, 0.25) is 0 Å². The highest BCUT2D eigenvalue weighted by Crippen LogP contribution is 2.42. The summed E-state index contributed by atoms with van der Waals surface area (Å²) in [5.74, 6) is 1.10. The first kappa shape index (κ1) is 14.5. The third-order valence-corrected chi connectivity index (χ3v) is 4.01. The molecular formula is C14H26O3. The first-order valence-electron chi connectivity index (χ1n) is 6.71. The Bertz CT molecular complexity index is 262. The largest absolute Gasteiger partial charge is 0.466 e. The van der Waals surface area contributed by atoms with Crippen molar-refractivity contribution in [1.29, 1.82) is 0 Å². The van der Waals surface area contributed by atoms with Crippen LogP contribution in [0, 0.1) is 17.8 Å². The summed E-state index contributed by atoms with van der Waals surface area (Å²) in [6, 6.07) is 0. The van der Waals surface area contributed by atoms with Crippen LogP contribution < -0.4 is 0 Å². The Hall–Kier alpha value is -0.570. The molecule has 1 saturated carbocycles. The molecule has 1 aliphatic carbocycles. The molecule has 0 aromatic rings. The maximum atomic E-state index is 10.8. The fraction of sp³-hybridized carbons (Fsp3) is 0.929. The van der Waals surface area contributed by atoms with Crippen molar-refractivity contribution < 1.29 is 14.6 Å². The van der Waals surface area contributed by atoms with Gasteiger partial charge in [-0.05, 0) is 30.6 Å². The van der Waals surface area contributed by atoms with Crippen LogP contribution in [0.1, 0.15) is 53.4 Å². The number of ether oxygens (including phenoxy) is 1. The highest BCUT2D eigenvalue weighted by molar-refractivity contribution is 5.65. The van der Waals surface area contributed by atoms with E-state index in [1.54, 1.807) is 0 Å². The smallest absolute Gasteiger partial charge is 0.302 e. The zero-order chi connectivity index (χ0) is 13.1. The molecule has 0 radical (unpaired) electrons. The molecule has 3 heteroatoms. The number of carbonyl (C=O) groups is 1. The lowest BCUT2D eigenvalue weighted by Gasteiger charge is -2.44.